The maximum atomic E-state index is 13.3. The number of hydrogen-bond donors (Lipinski definition) is 1. The van der Waals surface area contributed by atoms with Crippen LogP contribution in [0.25, 0.3) is 0 Å². The smallest absolute Gasteiger partial charge is 0.124 e. The lowest BCUT2D eigenvalue weighted by atomic mass is 9.75. The van der Waals surface area contributed by atoms with E-state index in [1.165, 1.54) is 37.8 Å². The number of halogens is 2. The van der Waals surface area contributed by atoms with E-state index in [4.69, 9.17) is 5.73 Å². The summed E-state index contributed by atoms with van der Waals surface area (Å²) in [4.78, 5) is 2.38. The van der Waals surface area contributed by atoms with Crippen molar-refractivity contribution in [2.75, 3.05) is 13.6 Å². The second kappa shape index (κ2) is 6.76. The first kappa shape index (κ1) is 16.9. The van der Waals surface area contributed by atoms with E-state index < -0.39 is 0 Å². The van der Waals surface area contributed by atoms with Crippen LogP contribution in [0.2, 0.25) is 0 Å². The first-order valence-corrected chi connectivity index (χ1v) is 8.50. The zero-order chi connectivity index (χ0) is 15.6. The van der Waals surface area contributed by atoms with Gasteiger partial charge in [-0.1, -0.05) is 35.8 Å². The zero-order valence-corrected chi connectivity index (χ0v) is 14.8. The van der Waals surface area contributed by atoms with Crippen LogP contribution in [-0.4, -0.2) is 24.5 Å². The monoisotopic (exact) mass is 356 g/mol. The van der Waals surface area contributed by atoms with Gasteiger partial charge in [-0.2, -0.15) is 0 Å². The van der Waals surface area contributed by atoms with E-state index in [2.05, 4.69) is 41.7 Å². The minimum Gasteiger partial charge on any atom is -0.329 e. The van der Waals surface area contributed by atoms with Gasteiger partial charge < -0.3 is 5.73 Å². The maximum Gasteiger partial charge on any atom is 0.124 e. The average Bonchev–Trinajstić information content (AvgIpc) is 2.41. The summed E-state index contributed by atoms with van der Waals surface area (Å²) in [6.07, 6.45) is 4.92. The third kappa shape index (κ3) is 4.05. The Balaban J connectivity index is 2.13. The summed E-state index contributed by atoms with van der Waals surface area (Å²) in [5.74, 6) is -0.219. The van der Waals surface area contributed by atoms with Gasteiger partial charge in [0.05, 0.1) is 0 Å². The second-order valence-corrected chi connectivity index (χ2v) is 7.83. The van der Waals surface area contributed by atoms with Crippen LogP contribution < -0.4 is 5.73 Å². The zero-order valence-electron chi connectivity index (χ0n) is 13.2. The van der Waals surface area contributed by atoms with Crippen molar-refractivity contribution in [3.05, 3.63) is 34.1 Å². The molecule has 0 radical (unpaired) electrons. The molecule has 0 saturated heterocycles. The molecule has 21 heavy (non-hydrogen) atoms. The predicted molar refractivity (Wildman–Crippen MR) is 89.7 cm³/mol. The molecule has 0 heterocycles. The van der Waals surface area contributed by atoms with Gasteiger partial charge >= 0.3 is 0 Å². The van der Waals surface area contributed by atoms with Crippen molar-refractivity contribution in [2.24, 2.45) is 11.1 Å². The number of nitrogens with two attached hydrogens (primary N) is 1. The third-order valence-electron chi connectivity index (χ3n) is 4.92. The predicted octanol–water partition coefficient (Wildman–Crippen LogP) is 4.49. The van der Waals surface area contributed by atoms with E-state index in [1.807, 2.05) is 6.07 Å². The quantitative estimate of drug-likeness (QED) is 0.860. The summed E-state index contributed by atoms with van der Waals surface area (Å²) in [6.45, 7) is 5.24. The van der Waals surface area contributed by atoms with Gasteiger partial charge in [0.15, 0.2) is 0 Å². The molecule has 0 spiro atoms. The highest BCUT2D eigenvalue weighted by molar-refractivity contribution is 9.10. The molecule has 2 rings (SSSR count). The number of nitrogens with zero attached hydrogens (tertiary/aromatic N) is 1. The van der Waals surface area contributed by atoms with E-state index in [-0.39, 0.29) is 11.9 Å². The number of benzene rings is 1. The maximum absolute atomic E-state index is 13.3. The Morgan fingerprint density at radius 3 is 2.52 bits per heavy atom. The van der Waals surface area contributed by atoms with Crippen LogP contribution in [0, 0.1) is 11.2 Å². The highest BCUT2D eigenvalue weighted by Gasteiger charge is 2.31. The summed E-state index contributed by atoms with van der Waals surface area (Å²) < 4.78 is 14.1. The summed E-state index contributed by atoms with van der Waals surface area (Å²) in [7, 11) is 2.15. The van der Waals surface area contributed by atoms with E-state index in [1.54, 1.807) is 0 Å². The van der Waals surface area contributed by atoms with Gasteiger partial charge in [0.25, 0.3) is 0 Å². The van der Waals surface area contributed by atoms with Crippen molar-refractivity contribution in [1.29, 1.82) is 0 Å². The van der Waals surface area contributed by atoms with Gasteiger partial charge in [0.1, 0.15) is 5.82 Å². The van der Waals surface area contributed by atoms with Gasteiger partial charge in [0.2, 0.25) is 0 Å². The van der Waals surface area contributed by atoms with E-state index in [0.29, 0.717) is 18.0 Å². The lowest BCUT2D eigenvalue weighted by molar-refractivity contribution is 0.0964. The van der Waals surface area contributed by atoms with Crippen molar-refractivity contribution in [3.63, 3.8) is 0 Å². The Labute approximate surface area is 136 Å². The highest BCUT2D eigenvalue weighted by Crippen LogP contribution is 2.39. The molecule has 1 fully saturated rings. The summed E-state index contributed by atoms with van der Waals surface area (Å²) in [5.41, 5.74) is 7.56. The second-order valence-electron chi connectivity index (χ2n) is 6.98. The highest BCUT2D eigenvalue weighted by atomic mass is 79.9. The lowest BCUT2D eigenvalue weighted by Gasteiger charge is -2.41. The molecule has 2 N–H and O–H groups in total. The molecule has 1 aliphatic carbocycles. The normalized spacial score (nSPS) is 20.7. The van der Waals surface area contributed by atoms with Crippen LogP contribution in [0.1, 0.15) is 51.1 Å². The molecule has 0 amide bonds. The Hall–Kier alpha value is -0.450. The van der Waals surface area contributed by atoms with Crippen molar-refractivity contribution in [2.45, 2.75) is 51.6 Å². The van der Waals surface area contributed by atoms with Crippen LogP contribution in [0.5, 0.6) is 0 Å². The molecule has 1 aromatic rings. The van der Waals surface area contributed by atoms with Crippen molar-refractivity contribution in [1.82, 2.24) is 4.90 Å². The largest absolute Gasteiger partial charge is 0.329 e. The standard InChI is InChI=1S/C17H26BrFN2/c1-17(2)8-6-13(7-9-17)21(3)16(11-20)14-5-4-12(19)10-15(14)18/h4-5,10,13,16H,6-9,11,20H2,1-3H3. The topological polar surface area (TPSA) is 29.3 Å². The molecule has 1 aromatic carbocycles. The molecule has 1 atom stereocenters. The fourth-order valence-corrected chi connectivity index (χ4v) is 3.95. The fourth-order valence-electron chi connectivity index (χ4n) is 3.33. The molecule has 0 aromatic heterocycles. The number of hydrogen-bond acceptors (Lipinski definition) is 2. The van der Waals surface area contributed by atoms with Gasteiger partial charge in [-0.25, -0.2) is 4.39 Å². The summed E-state index contributed by atoms with van der Waals surface area (Å²) in [6, 6.07) is 5.58. The van der Waals surface area contributed by atoms with Gasteiger partial charge in [-0.15, -0.1) is 0 Å². The fraction of sp³-hybridized carbons (Fsp3) is 0.647. The van der Waals surface area contributed by atoms with Crippen LogP contribution in [0.15, 0.2) is 22.7 Å². The molecule has 118 valence electrons. The van der Waals surface area contributed by atoms with E-state index >= 15 is 0 Å². The first-order chi connectivity index (χ1) is 9.84. The summed E-state index contributed by atoms with van der Waals surface area (Å²) >= 11 is 3.48. The van der Waals surface area contributed by atoms with Gasteiger partial charge in [-0.05, 0) is 55.8 Å². The van der Waals surface area contributed by atoms with Crippen LogP contribution in [-0.2, 0) is 0 Å². The molecule has 0 aliphatic heterocycles. The minimum atomic E-state index is -0.219. The van der Waals surface area contributed by atoms with Gasteiger partial charge in [0, 0.05) is 23.1 Å². The van der Waals surface area contributed by atoms with Crippen LogP contribution >= 0.6 is 15.9 Å². The number of likely N-dealkylation sites (N-methyl/N-ethyl adjacent to an activating group) is 1. The third-order valence-corrected chi connectivity index (χ3v) is 5.61. The summed E-state index contributed by atoms with van der Waals surface area (Å²) in [5, 5.41) is 0. The number of rotatable bonds is 4. The van der Waals surface area contributed by atoms with E-state index in [0.717, 1.165) is 10.0 Å². The molecule has 1 unspecified atom stereocenters. The van der Waals surface area contributed by atoms with Crippen molar-refractivity contribution < 1.29 is 4.39 Å². The Kier molecular flexibility index (Phi) is 5.44. The molecular weight excluding hydrogens is 331 g/mol. The van der Waals surface area contributed by atoms with Gasteiger partial charge in [-0.3, -0.25) is 4.90 Å². The molecule has 1 aliphatic rings. The first-order valence-electron chi connectivity index (χ1n) is 7.71. The van der Waals surface area contributed by atoms with Crippen molar-refractivity contribution >= 4 is 15.9 Å². The van der Waals surface area contributed by atoms with Crippen LogP contribution in [0.3, 0.4) is 0 Å². The minimum absolute atomic E-state index is 0.131. The molecule has 1 saturated carbocycles. The van der Waals surface area contributed by atoms with Crippen LogP contribution in [0.4, 0.5) is 4.39 Å². The Morgan fingerprint density at radius 1 is 1.38 bits per heavy atom. The van der Waals surface area contributed by atoms with E-state index in [9.17, 15) is 4.39 Å². The molecule has 0 bridgehead atoms. The Morgan fingerprint density at radius 2 is 2.00 bits per heavy atom. The molecule has 2 nitrogen and oxygen atoms in total. The Bertz CT molecular complexity index is 480. The average molecular weight is 357 g/mol. The lowest BCUT2D eigenvalue weighted by Crippen LogP contribution is -2.42. The van der Waals surface area contributed by atoms with Crippen molar-refractivity contribution in [3.8, 4) is 0 Å². The molecular formula is C17H26BrFN2. The molecule has 4 heteroatoms. The SMILES string of the molecule is CN(C1CCC(C)(C)CC1)C(CN)c1ccc(F)cc1Br.